The van der Waals surface area contributed by atoms with Gasteiger partial charge in [0, 0.05) is 18.6 Å². The van der Waals surface area contributed by atoms with Gasteiger partial charge in [-0.2, -0.15) is 0 Å². The van der Waals surface area contributed by atoms with Crippen molar-refractivity contribution in [2.24, 2.45) is 0 Å². The lowest BCUT2D eigenvalue weighted by Gasteiger charge is -2.14. The second kappa shape index (κ2) is 7.04. The van der Waals surface area contributed by atoms with E-state index in [1.165, 1.54) is 32.3 Å². The van der Waals surface area contributed by atoms with Crippen LogP contribution in [0.15, 0.2) is 45.8 Å². The van der Waals surface area contributed by atoms with E-state index in [1.807, 2.05) is 32.0 Å². The van der Waals surface area contributed by atoms with Gasteiger partial charge in [0.15, 0.2) is 0 Å². The van der Waals surface area contributed by atoms with Gasteiger partial charge in [0.25, 0.3) is 0 Å². The molecular formula is C17H18BrNO4S. The van der Waals surface area contributed by atoms with Crippen molar-refractivity contribution >= 4 is 31.9 Å². The zero-order chi connectivity index (χ0) is 18.1. The fourth-order valence-corrected chi connectivity index (χ4v) is 3.98. The van der Waals surface area contributed by atoms with E-state index in [-0.39, 0.29) is 10.5 Å². The van der Waals surface area contributed by atoms with Crippen LogP contribution in [-0.4, -0.2) is 32.8 Å². The number of hydrogen-bond acceptors (Lipinski definition) is 4. The zero-order valence-corrected chi connectivity index (χ0v) is 16.2. The molecule has 2 rings (SSSR count). The van der Waals surface area contributed by atoms with Crippen LogP contribution in [0.25, 0.3) is 0 Å². The van der Waals surface area contributed by atoms with Gasteiger partial charge in [-0.3, -0.25) is 0 Å². The molecule has 0 spiro atoms. The summed E-state index contributed by atoms with van der Waals surface area (Å²) in [6.45, 7) is 3.69. The monoisotopic (exact) mass is 411 g/mol. The maximum absolute atomic E-state index is 12.4. The standard InChI is InChI=1S/C17H18BrNO4S/c1-11-6-5-7-12(2)16(11)23-17(20)13-8-9-14(18)15(10-13)24(21,22)19(3)4/h5-10H,1-4H3. The molecule has 0 unspecified atom stereocenters. The Bertz CT molecular complexity index is 871. The summed E-state index contributed by atoms with van der Waals surface area (Å²) in [4.78, 5) is 12.4. The molecule has 2 aromatic carbocycles. The lowest BCUT2D eigenvalue weighted by molar-refractivity contribution is 0.0732. The van der Waals surface area contributed by atoms with Gasteiger partial charge in [0.2, 0.25) is 10.0 Å². The average molecular weight is 412 g/mol. The Kier molecular flexibility index (Phi) is 5.47. The minimum absolute atomic E-state index is 0.0171. The van der Waals surface area contributed by atoms with Crippen LogP contribution in [0.3, 0.4) is 0 Å². The lowest BCUT2D eigenvalue weighted by atomic mass is 10.1. The van der Waals surface area contributed by atoms with Gasteiger partial charge >= 0.3 is 5.97 Å². The van der Waals surface area contributed by atoms with E-state index in [0.717, 1.165) is 15.4 Å². The Labute approximate surface area is 150 Å². The SMILES string of the molecule is Cc1cccc(C)c1OC(=O)c1ccc(Br)c(S(=O)(=O)N(C)C)c1. The first-order valence-electron chi connectivity index (χ1n) is 7.15. The van der Waals surface area contributed by atoms with E-state index < -0.39 is 16.0 Å². The number of carbonyl (C=O) groups excluding carboxylic acids is 1. The number of aryl methyl sites for hydroxylation is 2. The summed E-state index contributed by atoms with van der Waals surface area (Å²) in [5.74, 6) is -0.113. The van der Waals surface area contributed by atoms with Gasteiger partial charge < -0.3 is 4.74 Å². The molecule has 0 saturated carbocycles. The van der Waals surface area contributed by atoms with E-state index in [1.54, 1.807) is 0 Å². The number of esters is 1. The molecule has 24 heavy (non-hydrogen) atoms. The Morgan fingerprint density at radius 2 is 1.67 bits per heavy atom. The molecule has 0 fully saturated rings. The molecule has 0 heterocycles. The van der Waals surface area contributed by atoms with Crippen LogP contribution in [0.1, 0.15) is 21.5 Å². The van der Waals surface area contributed by atoms with Gasteiger partial charge in [-0.1, -0.05) is 18.2 Å². The topological polar surface area (TPSA) is 63.7 Å². The molecule has 2 aromatic rings. The molecule has 0 saturated heterocycles. The summed E-state index contributed by atoms with van der Waals surface area (Å²) in [6, 6.07) is 9.93. The number of ether oxygens (including phenoxy) is 1. The second-order valence-electron chi connectivity index (χ2n) is 5.54. The molecule has 128 valence electrons. The van der Waals surface area contributed by atoms with Crippen molar-refractivity contribution in [3.8, 4) is 5.75 Å². The molecule has 0 aliphatic heterocycles. The average Bonchev–Trinajstić information content (AvgIpc) is 2.51. The van der Waals surface area contributed by atoms with Crippen LogP contribution < -0.4 is 4.74 Å². The smallest absolute Gasteiger partial charge is 0.343 e. The third kappa shape index (κ3) is 3.68. The first-order chi connectivity index (χ1) is 11.1. The largest absolute Gasteiger partial charge is 0.422 e. The summed E-state index contributed by atoms with van der Waals surface area (Å²) < 4.78 is 31.6. The number of nitrogens with zero attached hydrogens (tertiary/aromatic N) is 1. The summed E-state index contributed by atoms with van der Waals surface area (Å²) >= 11 is 3.22. The quantitative estimate of drug-likeness (QED) is 0.569. The fraction of sp³-hybridized carbons (Fsp3) is 0.235. The first-order valence-corrected chi connectivity index (χ1v) is 9.38. The van der Waals surface area contributed by atoms with E-state index in [0.29, 0.717) is 10.2 Å². The molecule has 0 radical (unpaired) electrons. The Balaban J connectivity index is 2.42. The maximum atomic E-state index is 12.4. The van der Waals surface area contributed by atoms with E-state index in [4.69, 9.17) is 4.74 Å². The predicted molar refractivity (Wildman–Crippen MR) is 95.9 cm³/mol. The molecule has 0 atom stereocenters. The van der Waals surface area contributed by atoms with Gasteiger partial charge in [-0.05, 0) is 59.1 Å². The van der Waals surface area contributed by atoms with Crippen molar-refractivity contribution in [2.45, 2.75) is 18.7 Å². The van der Waals surface area contributed by atoms with Crippen LogP contribution in [0.2, 0.25) is 0 Å². The third-order valence-electron chi connectivity index (χ3n) is 3.53. The van der Waals surface area contributed by atoms with Crippen LogP contribution >= 0.6 is 15.9 Å². The lowest BCUT2D eigenvalue weighted by Crippen LogP contribution is -2.23. The Morgan fingerprint density at radius 1 is 1.08 bits per heavy atom. The Morgan fingerprint density at radius 3 is 2.21 bits per heavy atom. The summed E-state index contributed by atoms with van der Waals surface area (Å²) in [6.07, 6.45) is 0. The van der Waals surface area contributed by atoms with Gasteiger partial charge in [0.1, 0.15) is 5.75 Å². The highest BCUT2D eigenvalue weighted by Crippen LogP contribution is 2.27. The van der Waals surface area contributed by atoms with E-state index >= 15 is 0 Å². The number of rotatable bonds is 4. The number of halogens is 1. The number of para-hydroxylation sites is 1. The molecular weight excluding hydrogens is 394 g/mol. The first kappa shape index (κ1) is 18.6. The van der Waals surface area contributed by atoms with Gasteiger partial charge in [0.05, 0.1) is 10.5 Å². The fourth-order valence-electron chi connectivity index (χ4n) is 2.14. The number of hydrogen-bond donors (Lipinski definition) is 0. The zero-order valence-electron chi connectivity index (χ0n) is 13.8. The summed E-state index contributed by atoms with van der Waals surface area (Å²) in [5, 5.41) is 0. The summed E-state index contributed by atoms with van der Waals surface area (Å²) in [5.41, 5.74) is 1.84. The number of benzene rings is 2. The number of carbonyl (C=O) groups is 1. The van der Waals surface area contributed by atoms with Crippen molar-refractivity contribution in [2.75, 3.05) is 14.1 Å². The van der Waals surface area contributed by atoms with Crippen LogP contribution in [0, 0.1) is 13.8 Å². The molecule has 0 aliphatic carbocycles. The molecule has 0 bridgehead atoms. The normalized spacial score (nSPS) is 11.6. The van der Waals surface area contributed by atoms with Crippen molar-refractivity contribution in [3.05, 3.63) is 57.6 Å². The highest BCUT2D eigenvalue weighted by molar-refractivity contribution is 9.10. The second-order valence-corrected chi connectivity index (χ2v) is 8.52. The highest BCUT2D eigenvalue weighted by Gasteiger charge is 2.23. The number of sulfonamides is 1. The van der Waals surface area contributed by atoms with Crippen molar-refractivity contribution in [1.82, 2.24) is 4.31 Å². The van der Waals surface area contributed by atoms with E-state index in [9.17, 15) is 13.2 Å². The summed E-state index contributed by atoms with van der Waals surface area (Å²) in [7, 11) is -0.806. The minimum atomic E-state index is -3.67. The molecule has 5 nitrogen and oxygen atoms in total. The van der Waals surface area contributed by atoms with Crippen LogP contribution in [-0.2, 0) is 10.0 Å². The Hall–Kier alpha value is -1.70. The molecule has 0 aromatic heterocycles. The molecule has 0 aliphatic rings. The van der Waals surface area contributed by atoms with Gasteiger partial charge in [-0.25, -0.2) is 17.5 Å². The van der Waals surface area contributed by atoms with Crippen molar-refractivity contribution < 1.29 is 17.9 Å². The highest BCUT2D eigenvalue weighted by atomic mass is 79.9. The third-order valence-corrected chi connectivity index (χ3v) is 6.34. The van der Waals surface area contributed by atoms with Crippen molar-refractivity contribution in [3.63, 3.8) is 0 Å². The predicted octanol–water partition coefficient (Wildman–Crippen LogP) is 3.54. The van der Waals surface area contributed by atoms with Gasteiger partial charge in [-0.15, -0.1) is 0 Å². The van der Waals surface area contributed by atoms with E-state index in [2.05, 4.69) is 15.9 Å². The van der Waals surface area contributed by atoms with Crippen molar-refractivity contribution in [1.29, 1.82) is 0 Å². The molecule has 7 heteroatoms. The molecule has 0 N–H and O–H groups in total. The van der Waals surface area contributed by atoms with Crippen LogP contribution in [0.5, 0.6) is 5.75 Å². The molecule has 0 amide bonds. The maximum Gasteiger partial charge on any atom is 0.343 e. The minimum Gasteiger partial charge on any atom is -0.422 e. The van der Waals surface area contributed by atoms with Crippen LogP contribution in [0.4, 0.5) is 0 Å².